The van der Waals surface area contributed by atoms with Crippen molar-refractivity contribution in [3.63, 3.8) is 0 Å². The molecule has 2 atom stereocenters. The summed E-state index contributed by atoms with van der Waals surface area (Å²) in [5.41, 5.74) is 3.65. The van der Waals surface area contributed by atoms with Crippen LogP contribution < -0.4 is 15.0 Å². The number of anilines is 2. The summed E-state index contributed by atoms with van der Waals surface area (Å²) in [6, 6.07) is 14.8. The molecule has 0 saturated carbocycles. The molecule has 6 heteroatoms. The number of benzene rings is 2. The summed E-state index contributed by atoms with van der Waals surface area (Å²) in [6.07, 6.45) is 2.13. The van der Waals surface area contributed by atoms with Crippen molar-refractivity contribution in [2.24, 2.45) is 0 Å². The van der Waals surface area contributed by atoms with Crippen LogP contribution in [0.2, 0.25) is 0 Å². The first-order chi connectivity index (χ1) is 13.7. The summed E-state index contributed by atoms with van der Waals surface area (Å²) < 4.78 is 6.93. The van der Waals surface area contributed by atoms with Crippen molar-refractivity contribution in [1.29, 1.82) is 0 Å². The van der Waals surface area contributed by atoms with Crippen LogP contribution in [-0.4, -0.2) is 49.6 Å². The molecule has 1 fully saturated rings. The predicted molar refractivity (Wildman–Crippen MR) is 114 cm³/mol. The highest BCUT2D eigenvalue weighted by atomic mass is 79.9. The third-order valence-electron chi connectivity index (χ3n) is 6.10. The van der Waals surface area contributed by atoms with Gasteiger partial charge in [-0.05, 0) is 48.7 Å². The third kappa shape index (κ3) is 3.29. The van der Waals surface area contributed by atoms with E-state index >= 15 is 0 Å². The standard InChI is InChI=1S/C22H24BrN3O2/c23-15-5-7-16(8-6-15)28-12-2-10-25-11-9-20-18(13-25)17-3-1-4-19-22(17)26(20)14-21(27)24-19/h1,3-8,18,20H,2,9-14H2,(H,24,27)/t18-,20-/m0/s1. The number of hydrogen-bond acceptors (Lipinski definition) is 4. The molecule has 0 bridgehead atoms. The van der Waals surface area contributed by atoms with Gasteiger partial charge in [-0.2, -0.15) is 0 Å². The van der Waals surface area contributed by atoms with Crippen molar-refractivity contribution in [3.05, 3.63) is 52.5 Å². The summed E-state index contributed by atoms with van der Waals surface area (Å²) in [7, 11) is 0. The summed E-state index contributed by atoms with van der Waals surface area (Å²) in [6.45, 7) is 4.42. The van der Waals surface area contributed by atoms with E-state index in [-0.39, 0.29) is 5.91 Å². The highest BCUT2D eigenvalue weighted by molar-refractivity contribution is 9.10. The number of piperidine rings is 1. The van der Waals surface area contributed by atoms with Gasteiger partial charge in [-0.25, -0.2) is 0 Å². The molecule has 0 radical (unpaired) electrons. The number of para-hydroxylation sites is 1. The normalized spacial score (nSPS) is 23.2. The van der Waals surface area contributed by atoms with E-state index in [1.807, 2.05) is 30.3 Å². The van der Waals surface area contributed by atoms with Crippen LogP contribution in [0, 0.1) is 0 Å². The molecule has 28 heavy (non-hydrogen) atoms. The molecular formula is C22H24BrN3O2. The van der Waals surface area contributed by atoms with Gasteiger partial charge in [0.15, 0.2) is 0 Å². The number of likely N-dealkylation sites (tertiary alicyclic amines) is 1. The molecule has 3 aliphatic heterocycles. The molecule has 5 nitrogen and oxygen atoms in total. The first-order valence-electron chi connectivity index (χ1n) is 9.99. The molecule has 1 N–H and O–H groups in total. The van der Waals surface area contributed by atoms with E-state index in [1.54, 1.807) is 0 Å². The Bertz CT molecular complexity index is 886. The predicted octanol–water partition coefficient (Wildman–Crippen LogP) is 3.85. The van der Waals surface area contributed by atoms with Gasteiger partial charge in [0, 0.05) is 36.1 Å². The van der Waals surface area contributed by atoms with Crippen LogP contribution in [0.3, 0.4) is 0 Å². The second-order valence-corrected chi connectivity index (χ2v) is 8.75. The van der Waals surface area contributed by atoms with E-state index in [1.165, 1.54) is 11.3 Å². The number of rotatable bonds is 5. The van der Waals surface area contributed by atoms with E-state index in [9.17, 15) is 4.79 Å². The largest absolute Gasteiger partial charge is 0.494 e. The van der Waals surface area contributed by atoms with Crippen molar-refractivity contribution in [1.82, 2.24) is 4.90 Å². The lowest BCUT2D eigenvalue weighted by atomic mass is 9.89. The number of amides is 1. The van der Waals surface area contributed by atoms with E-state index in [0.717, 1.165) is 55.0 Å². The lowest BCUT2D eigenvalue weighted by molar-refractivity contribution is -0.115. The number of fused-ring (bicyclic) bond motifs is 3. The Labute approximate surface area is 173 Å². The van der Waals surface area contributed by atoms with Gasteiger partial charge in [0.2, 0.25) is 5.91 Å². The lowest BCUT2D eigenvalue weighted by Gasteiger charge is -2.39. The Kier molecular flexibility index (Phi) is 4.77. The highest BCUT2D eigenvalue weighted by Gasteiger charge is 2.44. The van der Waals surface area contributed by atoms with Gasteiger partial charge in [-0.3, -0.25) is 4.79 Å². The van der Waals surface area contributed by atoms with Gasteiger partial charge in [0.25, 0.3) is 0 Å². The molecule has 5 rings (SSSR count). The maximum atomic E-state index is 12.1. The molecule has 1 saturated heterocycles. The van der Waals surface area contributed by atoms with Gasteiger partial charge in [0.05, 0.1) is 24.5 Å². The molecule has 0 aromatic heterocycles. The topological polar surface area (TPSA) is 44.8 Å². The molecule has 2 aromatic carbocycles. The summed E-state index contributed by atoms with van der Waals surface area (Å²) >= 11 is 3.45. The maximum Gasteiger partial charge on any atom is 0.243 e. The van der Waals surface area contributed by atoms with Crippen molar-refractivity contribution >= 4 is 33.2 Å². The Hall–Kier alpha value is -2.05. The fourth-order valence-corrected chi connectivity index (χ4v) is 5.15. The second-order valence-electron chi connectivity index (χ2n) is 7.84. The van der Waals surface area contributed by atoms with Gasteiger partial charge >= 0.3 is 0 Å². The van der Waals surface area contributed by atoms with Crippen molar-refractivity contribution < 1.29 is 9.53 Å². The molecular weight excluding hydrogens is 418 g/mol. The first-order valence-corrected chi connectivity index (χ1v) is 10.8. The maximum absolute atomic E-state index is 12.1. The van der Waals surface area contributed by atoms with Crippen LogP contribution in [-0.2, 0) is 4.79 Å². The van der Waals surface area contributed by atoms with E-state index in [2.05, 4.69) is 43.2 Å². The van der Waals surface area contributed by atoms with Crippen molar-refractivity contribution in [2.75, 3.05) is 43.0 Å². The van der Waals surface area contributed by atoms with Crippen LogP contribution in [0.15, 0.2) is 46.9 Å². The molecule has 0 aliphatic carbocycles. The number of nitrogens with zero attached hydrogens (tertiary/aromatic N) is 2. The minimum atomic E-state index is 0.109. The van der Waals surface area contributed by atoms with Crippen LogP contribution in [0.25, 0.3) is 0 Å². The smallest absolute Gasteiger partial charge is 0.243 e. The lowest BCUT2D eigenvalue weighted by Crippen LogP contribution is -2.49. The van der Waals surface area contributed by atoms with Crippen LogP contribution in [0.4, 0.5) is 11.4 Å². The minimum absolute atomic E-state index is 0.109. The molecule has 2 aromatic rings. The van der Waals surface area contributed by atoms with E-state index in [0.29, 0.717) is 18.5 Å². The zero-order valence-corrected chi connectivity index (χ0v) is 17.3. The number of halogens is 1. The minimum Gasteiger partial charge on any atom is -0.494 e. The number of nitrogens with one attached hydrogen (secondary N) is 1. The number of ether oxygens (including phenoxy) is 1. The monoisotopic (exact) mass is 441 g/mol. The van der Waals surface area contributed by atoms with Gasteiger partial charge in [0.1, 0.15) is 5.75 Å². The fraction of sp³-hybridized carbons (Fsp3) is 0.409. The molecule has 146 valence electrons. The summed E-state index contributed by atoms with van der Waals surface area (Å²) in [5, 5.41) is 3.04. The van der Waals surface area contributed by atoms with E-state index in [4.69, 9.17) is 4.74 Å². The molecule has 3 heterocycles. The average Bonchev–Trinajstić information content (AvgIpc) is 3.01. The van der Waals surface area contributed by atoms with Gasteiger partial charge in [-0.15, -0.1) is 0 Å². The van der Waals surface area contributed by atoms with E-state index < -0.39 is 0 Å². The number of carbonyl (C=O) groups is 1. The SMILES string of the molecule is O=C1CN2c3c(cccc3[C@@H]3CN(CCCOc4ccc(Br)cc4)CC[C@@H]32)N1. The van der Waals surface area contributed by atoms with Crippen molar-refractivity contribution in [3.8, 4) is 5.75 Å². The highest BCUT2D eigenvalue weighted by Crippen LogP contribution is 2.49. The van der Waals surface area contributed by atoms with Crippen LogP contribution in [0.5, 0.6) is 5.75 Å². The zero-order valence-electron chi connectivity index (χ0n) is 15.7. The Morgan fingerprint density at radius 2 is 2.04 bits per heavy atom. The Balaban J connectivity index is 1.20. The number of carbonyl (C=O) groups excluding carboxylic acids is 1. The average molecular weight is 442 g/mol. The van der Waals surface area contributed by atoms with Crippen LogP contribution >= 0.6 is 15.9 Å². The molecule has 1 amide bonds. The van der Waals surface area contributed by atoms with Gasteiger partial charge < -0.3 is 19.9 Å². The third-order valence-corrected chi connectivity index (χ3v) is 6.63. The molecule has 3 aliphatic rings. The van der Waals surface area contributed by atoms with Crippen molar-refractivity contribution in [2.45, 2.75) is 24.8 Å². The molecule has 0 unspecified atom stereocenters. The first kappa shape index (κ1) is 18.0. The number of hydrogen-bond donors (Lipinski definition) is 1. The zero-order chi connectivity index (χ0) is 19.1. The van der Waals surface area contributed by atoms with Crippen LogP contribution in [0.1, 0.15) is 24.3 Å². The molecule has 0 spiro atoms. The fourth-order valence-electron chi connectivity index (χ4n) is 4.89. The summed E-state index contributed by atoms with van der Waals surface area (Å²) in [5.74, 6) is 1.52. The Morgan fingerprint density at radius 1 is 1.18 bits per heavy atom. The second kappa shape index (κ2) is 7.41. The Morgan fingerprint density at radius 3 is 2.89 bits per heavy atom. The quantitative estimate of drug-likeness (QED) is 0.715. The summed E-state index contributed by atoms with van der Waals surface area (Å²) in [4.78, 5) is 17.0. The van der Waals surface area contributed by atoms with Gasteiger partial charge in [-0.1, -0.05) is 28.1 Å².